The molecule has 1 aromatic carbocycles. The second kappa shape index (κ2) is 5.98. The number of nitrogens with one attached hydrogen (secondary N) is 1. The molecule has 0 bridgehead atoms. The molecule has 0 aliphatic rings. The van der Waals surface area contributed by atoms with Gasteiger partial charge in [-0.1, -0.05) is 42.3 Å². The average molecular weight is 254 g/mol. The summed E-state index contributed by atoms with van der Waals surface area (Å²) in [5.74, 6) is 0. The number of hydrogen-bond acceptors (Lipinski definition) is 2. The zero-order valence-corrected chi connectivity index (χ0v) is 12.2. The lowest BCUT2D eigenvalue weighted by Gasteiger charge is -2.19. The summed E-state index contributed by atoms with van der Waals surface area (Å²) < 4.78 is 0. The van der Waals surface area contributed by atoms with Crippen molar-refractivity contribution in [1.82, 2.24) is 10.3 Å². The molecular weight excluding hydrogens is 232 g/mol. The molecule has 0 aliphatic heterocycles. The van der Waals surface area contributed by atoms with Gasteiger partial charge in [-0.2, -0.15) is 0 Å². The van der Waals surface area contributed by atoms with Gasteiger partial charge < -0.3 is 5.32 Å². The van der Waals surface area contributed by atoms with Crippen molar-refractivity contribution in [3.8, 4) is 0 Å². The highest BCUT2D eigenvalue weighted by Crippen LogP contribution is 2.23. The molecule has 1 N–H and O–H groups in total. The van der Waals surface area contributed by atoms with E-state index < -0.39 is 0 Å². The van der Waals surface area contributed by atoms with E-state index in [1.54, 1.807) is 0 Å². The van der Waals surface area contributed by atoms with Crippen LogP contribution in [0.2, 0.25) is 0 Å². The Morgan fingerprint density at radius 2 is 1.74 bits per heavy atom. The van der Waals surface area contributed by atoms with E-state index in [2.05, 4.69) is 61.4 Å². The van der Waals surface area contributed by atoms with Crippen molar-refractivity contribution in [1.29, 1.82) is 0 Å². The van der Waals surface area contributed by atoms with Gasteiger partial charge >= 0.3 is 0 Å². The maximum atomic E-state index is 4.67. The number of benzene rings is 1. The third-order valence-corrected chi connectivity index (χ3v) is 3.19. The topological polar surface area (TPSA) is 24.9 Å². The van der Waals surface area contributed by atoms with Crippen LogP contribution in [-0.4, -0.2) is 11.5 Å². The van der Waals surface area contributed by atoms with Gasteiger partial charge in [-0.15, -0.1) is 0 Å². The predicted octanol–water partition coefficient (Wildman–Crippen LogP) is 3.71. The van der Waals surface area contributed by atoms with Gasteiger partial charge in [0.1, 0.15) is 0 Å². The smallest absolute Gasteiger partial charge is 0.0751 e. The van der Waals surface area contributed by atoms with Crippen LogP contribution in [0.4, 0.5) is 0 Å². The van der Waals surface area contributed by atoms with Crippen LogP contribution in [0.5, 0.6) is 0 Å². The van der Waals surface area contributed by atoms with E-state index in [4.69, 9.17) is 0 Å². The van der Waals surface area contributed by atoms with E-state index in [-0.39, 0.29) is 6.04 Å². The molecule has 0 spiro atoms. The first kappa shape index (κ1) is 13.8. The summed E-state index contributed by atoms with van der Waals surface area (Å²) in [4.78, 5) is 4.67. The van der Waals surface area contributed by atoms with Gasteiger partial charge in [-0.05, 0) is 45.0 Å². The molecule has 1 heterocycles. The fourth-order valence-corrected chi connectivity index (χ4v) is 2.50. The van der Waals surface area contributed by atoms with Crippen LogP contribution in [0.25, 0.3) is 0 Å². The minimum atomic E-state index is 0.170. The van der Waals surface area contributed by atoms with Gasteiger partial charge in [0.25, 0.3) is 0 Å². The summed E-state index contributed by atoms with van der Waals surface area (Å²) in [7, 11) is 0. The van der Waals surface area contributed by atoms with Gasteiger partial charge in [0.2, 0.25) is 0 Å². The van der Waals surface area contributed by atoms with Crippen LogP contribution in [-0.2, 0) is 0 Å². The number of aromatic nitrogens is 1. The lowest BCUT2D eigenvalue weighted by molar-refractivity contribution is 0.613. The molecule has 0 amide bonds. The molecule has 100 valence electrons. The van der Waals surface area contributed by atoms with Gasteiger partial charge in [0, 0.05) is 5.69 Å². The normalized spacial score (nSPS) is 12.4. The average Bonchev–Trinajstić information content (AvgIpc) is 2.34. The summed E-state index contributed by atoms with van der Waals surface area (Å²) in [6, 6.07) is 13.1. The van der Waals surface area contributed by atoms with Crippen LogP contribution in [0.15, 0.2) is 36.4 Å². The van der Waals surface area contributed by atoms with Crippen molar-refractivity contribution in [2.24, 2.45) is 0 Å². The highest BCUT2D eigenvalue weighted by molar-refractivity contribution is 5.35. The van der Waals surface area contributed by atoms with Crippen LogP contribution in [0.1, 0.15) is 41.0 Å². The molecular formula is C17H22N2. The fraction of sp³-hybridized carbons (Fsp3) is 0.353. The molecule has 2 rings (SSSR count). The Morgan fingerprint density at radius 3 is 2.32 bits per heavy atom. The standard InChI is InChI=1S/C17H22N2/c1-5-18-17(16-8-6-7-14(4)19-16)15-10-12(2)9-13(3)11-15/h6-11,17-18H,5H2,1-4H3. The predicted molar refractivity (Wildman–Crippen MR) is 80.4 cm³/mol. The van der Waals surface area contributed by atoms with Crippen molar-refractivity contribution in [2.45, 2.75) is 33.7 Å². The van der Waals surface area contributed by atoms with E-state index in [1.165, 1.54) is 16.7 Å². The van der Waals surface area contributed by atoms with Crippen LogP contribution < -0.4 is 5.32 Å². The Morgan fingerprint density at radius 1 is 1.05 bits per heavy atom. The third-order valence-electron chi connectivity index (χ3n) is 3.19. The molecule has 1 atom stereocenters. The molecule has 0 fully saturated rings. The molecule has 1 unspecified atom stereocenters. The number of hydrogen-bond donors (Lipinski definition) is 1. The summed E-state index contributed by atoms with van der Waals surface area (Å²) in [5, 5.41) is 3.53. The van der Waals surface area contributed by atoms with E-state index in [0.717, 1.165) is 17.9 Å². The van der Waals surface area contributed by atoms with Gasteiger partial charge in [-0.3, -0.25) is 4.98 Å². The lowest BCUT2D eigenvalue weighted by atomic mass is 9.98. The number of nitrogens with zero attached hydrogens (tertiary/aromatic N) is 1. The fourth-order valence-electron chi connectivity index (χ4n) is 2.50. The number of rotatable bonds is 4. The van der Waals surface area contributed by atoms with Crippen molar-refractivity contribution in [2.75, 3.05) is 6.54 Å². The van der Waals surface area contributed by atoms with Crippen molar-refractivity contribution < 1.29 is 0 Å². The monoisotopic (exact) mass is 254 g/mol. The molecule has 19 heavy (non-hydrogen) atoms. The minimum absolute atomic E-state index is 0.170. The zero-order valence-electron chi connectivity index (χ0n) is 12.2. The molecule has 0 aliphatic carbocycles. The maximum absolute atomic E-state index is 4.67. The largest absolute Gasteiger partial charge is 0.305 e. The summed E-state index contributed by atoms with van der Waals surface area (Å²) in [5.41, 5.74) is 6.03. The van der Waals surface area contributed by atoms with E-state index >= 15 is 0 Å². The molecule has 2 aromatic rings. The molecule has 0 saturated heterocycles. The highest BCUT2D eigenvalue weighted by Gasteiger charge is 2.14. The second-order valence-corrected chi connectivity index (χ2v) is 5.12. The Labute approximate surface area is 115 Å². The highest BCUT2D eigenvalue weighted by atomic mass is 14.9. The first-order valence-corrected chi connectivity index (χ1v) is 6.85. The lowest BCUT2D eigenvalue weighted by Crippen LogP contribution is -2.23. The van der Waals surface area contributed by atoms with Crippen molar-refractivity contribution in [3.63, 3.8) is 0 Å². The Balaban J connectivity index is 2.44. The third kappa shape index (κ3) is 3.42. The minimum Gasteiger partial charge on any atom is -0.305 e. The van der Waals surface area contributed by atoms with Gasteiger partial charge in [0.05, 0.1) is 11.7 Å². The molecule has 2 nitrogen and oxygen atoms in total. The van der Waals surface area contributed by atoms with E-state index in [1.807, 2.05) is 13.0 Å². The van der Waals surface area contributed by atoms with Crippen LogP contribution >= 0.6 is 0 Å². The molecule has 2 heteroatoms. The van der Waals surface area contributed by atoms with Crippen LogP contribution in [0, 0.1) is 20.8 Å². The van der Waals surface area contributed by atoms with E-state index in [0.29, 0.717) is 0 Å². The van der Waals surface area contributed by atoms with Gasteiger partial charge in [-0.25, -0.2) is 0 Å². The van der Waals surface area contributed by atoms with Gasteiger partial charge in [0.15, 0.2) is 0 Å². The Hall–Kier alpha value is -1.67. The summed E-state index contributed by atoms with van der Waals surface area (Å²) in [6.45, 7) is 9.37. The zero-order chi connectivity index (χ0) is 13.8. The Bertz CT molecular complexity index is 541. The maximum Gasteiger partial charge on any atom is 0.0751 e. The number of aryl methyl sites for hydroxylation is 3. The number of pyridine rings is 1. The molecule has 0 saturated carbocycles. The van der Waals surface area contributed by atoms with Crippen molar-refractivity contribution in [3.05, 3.63) is 64.5 Å². The van der Waals surface area contributed by atoms with E-state index in [9.17, 15) is 0 Å². The van der Waals surface area contributed by atoms with Crippen LogP contribution in [0.3, 0.4) is 0 Å². The first-order chi connectivity index (χ1) is 9.10. The summed E-state index contributed by atoms with van der Waals surface area (Å²) >= 11 is 0. The summed E-state index contributed by atoms with van der Waals surface area (Å²) in [6.07, 6.45) is 0. The van der Waals surface area contributed by atoms with Crippen molar-refractivity contribution >= 4 is 0 Å². The molecule has 1 aromatic heterocycles. The SMILES string of the molecule is CCNC(c1cc(C)cc(C)c1)c1cccc(C)n1. The first-order valence-electron chi connectivity index (χ1n) is 6.85. The quantitative estimate of drug-likeness (QED) is 0.899. The second-order valence-electron chi connectivity index (χ2n) is 5.12. The Kier molecular flexibility index (Phi) is 4.33. The molecule has 0 radical (unpaired) electrons.